The molecule has 7 nitrogen and oxygen atoms in total. The number of carbonyl (C=O) groups is 1. The van der Waals surface area contributed by atoms with E-state index in [4.69, 9.17) is 4.52 Å². The van der Waals surface area contributed by atoms with Crippen LogP contribution in [0, 0.1) is 12.7 Å². The summed E-state index contributed by atoms with van der Waals surface area (Å²) in [5, 5.41) is 11.6. The number of halogens is 1. The molecule has 4 rings (SSSR count). The van der Waals surface area contributed by atoms with Gasteiger partial charge in [-0.05, 0) is 50.2 Å². The molecule has 8 heteroatoms. The average molecular weight is 379 g/mol. The first-order valence-corrected chi connectivity index (χ1v) is 8.82. The largest absolute Gasteiger partial charge is 0.348 e. The fourth-order valence-electron chi connectivity index (χ4n) is 3.08. The van der Waals surface area contributed by atoms with Crippen LogP contribution in [0.15, 0.2) is 53.3 Å². The average Bonchev–Trinajstić information content (AvgIpc) is 3.31. The maximum atomic E-state index is 13.2. The van der Waals surface area contributed by atoms with Gasteiger partial charge >= 0.3 is 0 Å². The third kappa shape index (κ3) is 3.48. The molecule has 1 atom stereocenters. The van der Waals surface area contributed by atoms with E-state index < -0.39 is 0 Å². The first-order chi connectivity index (χ1) is 13.5. The van der Waals surface area contributed by atoms with Crippen molar-refractivity contribution in [2.24, 2.45) is 0 Å². The van der Waals surface area contributed by atoms with Gasteiger partial charge in [0, 0.05) is 24.0 Å². The number of rotatable bonds is 5. The van der Waals surface area contributed by atoms with E-state index in [1.165, 1.54) is 12.1 Å². The molecule has 0 radical (unpaired) electrons. The summed E-state index contributed by atoms with van der Waals surface area (Å²) >= 11 is 0. The molecule has 0 saturated heterocycles. The molecule has 1 unspecified atom stereocenters. The maximum absolute atomic E-state index is 13.2. The summed E-state index contributed by atoms with van der Waals surface area (Å²) in [6.45, 7) is 4.20. The molecule has 3 heterocycles. The van der Waals surface area contributed by atoms with Crippen LogP contribution >= 0.6 is 0 Å². The topological polar surface area (TPSA) is 85.8 Å². The monoisotopic (exact) mass is 379 g/mol. The summed E-state index contributed by atoms with van der Waals surface area (Å²) < 4.78 is 20.3. The molecule has 0 spiro atoms. The van der Waals surface area contributed by atoms with Crippen LogP contribution in [-0.2, 0) is 6.54 Å². The quantitative estimate of drug-likeness (QED) is 0.575. The van der Waals surface area contributed by atoms with Gasteiger partial charge in [-0.2, -0.15) is 5.10 Å². The van der Waals surface area contributed by atoms with Gasteiger partial charge in [0.2, 0.25) is 0 Å². The Hall–Kier alpha value is -3.55. The number of fused-ring (bicyclic) bond motifs is 1. The zero-order valence-electron chi connectivity index (χ0n) is 15.4. The van der Waals surface area contributed by atoms with E-state index in [9.17, 15) is 9.18 Å². The molecular formula is C20H18FN5O2. The molecule has 0 bridgehead atoms. The van der Waals surface area contributed by atoms with Crippen molar-refractivity contribution in [3.63, 3.8) is 0 Å². The Morgan fingerprint density at radius 3 is 2.82 bits per heavy atom. The van der Waals surface area contributed by atoms with Gasteiger partial charge in [-0.1, -0.05) is 5.16 Å². The number of hydrogen-bond acceptors (Lipinski definition) is 5. The molecule has 0 saturated carbocycles. The van der Waals surface area contributed by atoms with Crippen LogP contribution in [0.5, 0.6) is 0 Å². The highest BCUT2D eigenvalue weighted by Crippen LogP contribution is 2.27. The smallest absolute Gasteiger partial charge is 0.259 e. The van der Waals surface area contributed by atoms with E-state index in [0.717, 1.165) is 0 Å². The van der Waals surface area contributed by atoms with Gasteiger partial charge in [-0.3, -0.25) is 9.48 Å². The van der Waals surface area contributed by atoms with Crippen molar-refractivity contribution in [1.29, 1.82) is 0 Å². The number of aromatic nitrogens is 4. The number of benzene rings is 1. The molecule has 0 aliphatic carbocycles. The lowest BCUT2D eigenvalue weighted by Gasteiger charge is -2.15. The minimum absolute atomic E-state index is 0.148. The van der Waals surface area contributed by atoms with Crippen molar-refractivity contribution >= 4 is 17.0 Å². The predicted molar refractivity (Wildman–Crippen MR) is 101 cm³/mol. The zero-order valence-corrected chi connectivity index (χ0v) is 15.4. The van der Waals surface area contributed by atoms with E-state index in [2.05, 4.69) is 20.6 Å². The van der Waals surface area contributed by atoms with Gasteiger partial charge < -0.3 is 9.84 Å². The first-order valence-electron chi connectivity index (χ1n) is 8.82. The highest BCUT2D eigenvalue weighted by molar-refractivity contribution is 6.07. The van der Waals surface area contributed by atoms with Gasteiger partial charge in [0.15, 0.2) is 0 Å². The predicted octanol–water partition coefficient (Wildman–Crippen LogP) is 3.35. The molecule has 28 heavy (non-hydrogen) atoms. The number of pyridine rings is 1. The molecule has 1 aromatic carbocycles. The Morgan fingerprint density at radius 2 is 2.11 bits per heavy atom. The van der Waals surface area contributed by atoms with E-state index in [-0.39, 0.29) is 23.5 Å². The summed E-state index contributed by atoms with van der Waals surface area (Å²) in [5.74, 6) is -0.604. The Kier molecular flexibility index (Phi) is 4.60. The SMILES string of the molecule is Cc1noc2nc(-c3ccc(F)cc3)cc(C(=O)NC(C)Cn3cccn3)c12. The van der Waals surface area contributed by atoms with Crippen molar-refractivity contribution in [2.45, 2.75) is 26.4 Å². The summed E-state index contributed by atoms with van der Waals surface area (Å²) in [4.78, 5) is 17.4. The van der Waals surface area contributed by atoms with E-state index in [0.29, 0.717) is 34.4 Å². The number of hydrogen-bond donors (Lipinski definition) is 1. The summed E-state index contributed by atoms with van der Waals surface area (Å²) in [7, 11) is 0. The number of carbonyl (C=O) groups excluding carboxylic acids is 1. The lowest BCUT2D eigenvalue weighted by molar-refractivity contribution is 0.0937. The summed E-state index contributed by atoms with van der Waals surface area (Å²) in [5.41, 5.74) is 2.45. The third-order valence-electron chi connectivity index (χ3n) is 4.40. The van der Waals surface area contributed by atoms with Crippen LogP contribution in [0.4, 0.5) is 4.39 Å². The van der Waals surface area contributed by atoms with Crippen molar-refractivity contribution < 1.29 is 13.7 Å². The lowest BCUT2D eigenvalue weighted by atomic mass is 10.0. The molecule has 0 fully saturated rings. The van der Waals surface area contributed by atoms with E-state index in [1.807, 2.05) is 19.2 Å². The van der Waals surface area contributed by atoms with Crippen molar-refractivity contribution in [3.8, 4) is 11.3 Å². The molecule has 0 aliphatic heterocycles. The first kappa shape index (κ1) is 17.8. The van der Waals surface area contributed by atoms with Crippen molar-refractivity contribution in [1.82, 2.24) is 25.2 Å². The second kappa shape index (κ2) is 7.22. The van der Waals surface area contributed by atoms with Crippen LogP contribution in [0.1, 0.15) is 23.0 Å². The van der Waals surface area contributed by atoms with Crippen LogP contribution in [0.25, 0.3) is 22.4 Å². The number of nitrogens with zero attached hydrogens (tertiary/aromatic N) is 4. The van der Waals surface area contributed by atoms with Crippen LogP contribution in [0.3, 0.4) is 0 Å². The van der Waals surface area contributed by atoms with Crippen molar-refractivity contribution in [2.75, 3.05) is 0 Å². The van der Waals surface area contributed by atoms with E-state index >= 15 is 0 Å². The third-order valence-corrected chi connectivity index (χ3v) is 4.40. The molecular weight excluding hydrogens is 361 g/mol. The molecule has 142 valence electrons. The van der Waals surface area contributed by atoms with E-state index in [1.54, 1.807) is 36.0 Å². The van der Waals surface area contributed by atoms with Crippen LogP contribution in [0.2, 0.25) is 0 Å². The number of amides is 1. The van der Waals surface area contributed by atoms with Crippen LogP contribution in [-0.4, -0.2) is 31.9 Å². The Morgan fingerprint density at radius 1 is 1.32 bits per heavy atom. The Balaban J connectivity index is 1.69. The van der Waals surface area contributed by atoms with Gasteiger partial charge in [0.05, 0.1) is 28.9 Å². The molecule has 1 N–H and O–H groups in total. The Labute approximate surface area is 160 Å². The van der Waals surface area contributed by atoms with Gasteiger partial charge in [-0.25, -0.2) is 9.37 Å². The lowest BCUT2D eigenvalue weighted by Crippen LogP contribution is -2.36. The number of nitrogens with one attached hydrogen (secondary N) is 1. The summed E-state index contributed by atoms with van der Waals surface area (Å²) in [6, 6.07) is 9.26. The summed E-state index contributed by atoms with van der Waals surface area (Å²) in [6.07, 6.45) is 3.53. The number of aryl methyl sites for hydroxylation is 1. The normalized spacial score (nSPS) is 12.2. The minimum atomic E-state index is -0.342. The zero-order chi connectivity index (χ0) is 19.7. The van der Waals surface area contributed by atoms with Gasteiger partial charge in [0.25, 0.3) is 11.6 Å². The molecule has 3 aromatic heterocycles. The standard InChI is InChI=1S/C20H18FN5O2/c1-12(11-26-9-3-8-22-26)23-19(27)16-10-17(14-4-6-15(21)7-5-14)24-20-18(16)13(2)25-28-20/h3-10,12H,11H2,1-2H3,(H,23,27). The van der Waals surface area contributed by atoms with Gasteiger partial charge in [0.1, 0.15) is 5.82 Å². The molecule has 0 aliphatic rings. The van der Waals surface area contributed by atoms with Crippen LogP contribution < -0.4 is 5.32 Å². The van der Waals surface area contributed by atoms with Crippen molar-refractivity contribution in [3.05, 3.63) is 65.9 Å². The van der Waals surface area contributed by atoms with Gasteiger partial charge in [-0.15, -0.1) is 0 Å². The second-order valence-electron chi connectivity index (χ2n) is 6.61. The maximum Gasteiger partial charge on any atom is 0.259 e. The highest BCUT2D eigenvalue weighted by atomic mass is 19.1. The molecule has 4 aromatic rings. The fourth-order valence-corrected chi connectivity index (χ4v) is 3.08. The fraction of sp³-hybridized carbons (Fsp3) is 0.200. The Bertz CT molecular complexity index is 1120. The second-order valence-corrected chi connectivity index (χ2v) is 6.61. The minimum Gasteiger partial charge on any atom is -0.348 e. The highest BCUT2D eigenvalue weighted by Gasteiger charge is 2.20. The molecule has 1 amide bonds.